The summed E-state index contributed by atoms with van der Waals surface area (Å²) in [6.45, 7) is 0. The number of fused-ring (bicyclic) bond motifs is 3. The third-order valence-electron chi connectivity index (χ3n) is 3.25. The Bertz CT molecular complexity index is 774. The quantitative estimate of drug-likeness (QED) is 0.731. The fraction of sp³-hybridized carbons (Fsp3) is 0.133. The molecule has 0 bridgehead atoms. The average molecular weight is 255 g/mol. The Balaban J connectivity index is 2.44. The van der Waals surface area contributed by atoms with Crippen molar-refractivity contribution in [2.75, 3.05) is 14.2 Å². The molecule has 0 saturated heterocycles. The number of H-pyrrole nitrogens is 1. The SMILES string of the molecule is COc1cc(OC)c2c(c1)[nH]c1ccc(C=O)cc12. The minimum atomic E-state index is 0.645. The van der Waals surface area contributed by atoms with Gasteiger partial charge in [0.25, 0.3) is 0 Å². The zero-order valence-corrected chi connectivity index (χ0v) is 10.7. The summed E-state index contributed by atoms with van der Waals surface area (Å²) in [6, 6.07) is 9.29. The van der Waals surface area contributed by atoms with Crippen molar-refractivity contribution in [3.05, 3.63) is 35.9 Å². The van der Waals surface area contributed by atoms with Gasteiger partial charge >= 0.3 is 0 Å². The number of hydrogen-bond donors (Lipinski definition) is 1. The Morgan fingerprint density at radius 3 is 2.58 bits per heavy atom. The molecule has 0 spiro atoms. The van der Waals surface area contributed by atoms with Gasteiger partial charge in [0.05, 0.1) is 19.7 Å². The highest BCUT2D eigenvalue weighted by Gasteiger charge is 2.12. The smallest absolute Gasteiger partial charge is 0.150 e. The molecule has 4 nitrogen and oxygen atoms in total. The van der Waals surface area contributed by atoms with Crippen LogP contribution in [-0.2, 0) is 0 Å². The van der Waals surface area contributed by atoms with E-state index in [2.05, 4.69) is 4.98 Å². The first-order chi connectivity index (χ1) is 9.26. The molecule has 0 aliphatic rings. The summed E-state index contributed by atoms with van der Waals surface area (Å²) < 4.78 is 10.7. The maximum absolute atomic E-state index is 10.9. The van der Waals surface area contributed by atoms with Crippen LogP contribution in [0.25, 0.3) is 21.8 Å². The number of hydrogen-bond acceptors (Lipinski definition) is 3. The van der Waals surface area contributed by atoms with E-state index >= 15 is 0 Å². The minimum absolute atomic E-state index is 0.645. The van der Waals surface area contributed by atoms with Crippen molar-refractivity contribution in [3.8, 4) is 11.5 Å². The second-order valence-corrected chi connectivity index (χ2v) is 4.30. The van der Waals surface area contributed by atoms with Gasteiger partial charge in [0, 0.05) is 34.0 Å². The highest BCUT2D eigenvalue weighted by atomic mass is 16.5. The van der Waals surface area contributed by atoms with Crippen LogP contribution < -0.4 is 9.47 Å². The fourth-order valence-corrected chi connectivity index (χ4v) is 2.34. The number of benzene rings is 2. The molecule has 4 heteroatoms. The number of carbonyl (C=O) groups is 1. The number of ether oxygens (including phenoxy) is 2. The van der Waals surface area contributed by atoms with E-state index in [1.807, 2.05) is 24.3 Å². The molecular weight excluding hydrogens is 242 g/mol. The molecule has 0 saturated carbocycles. The summed E-state index contributed by atoms with van der Waals surface area (Å²) in [5, 5.41) is 1.93. The molecule has 1 heterocycles. The lowest BCUT2D eigenvalue weighted by Gasteiger charge is -2.06. The zero-order chi connectivity index (χ0) is 13.4. The van der Waals surface area contributed by atoms with Gasteiger partial charge in [-0.3, -0.25) is 4.79 Å². The summed E-state index contributed by atoms with van der Waals surface area (Å²) in [7, 11) is 3.24. The molecule has 1 N–H and O–H groups in total. The standard InChI is InChI=1S/C15H13NO3/c1-18-10-6-13-15(14(7-10)19-2)11-5-9(8-17)3-4-12(11)16-13/h3-8,16H,1-2H3. The first-order valence-electron chi connectivity index (χ1n) is 5.89. The third kappa shape index (κ3) is 1.73. The molecule has 0 atom stereocenters. The van der Waals surface area contributed by atoms with E-state index in [4.69, 9.17) is 9.47 Å². The van der Waals surface area contributed by atoms with Gasteiger partial charge in [-0.15, -0.1) is 0 Å². The predicted octanol–water partition coefficient (Wildman–Crippen LogP) is 3.15. The Kier molecular flexibility index (Phi) is 2.63. The first kappa shape index (κ1) is 11.6. The van der Waals surface area contributed by atoms with Crippen LogP contribution >= 0.6 is 0 Å². The molecule has 19 heavy (non-hydrogen) atoms. The number of nitrogens with one attached hydrogen (secondary N) is 1. The molecule has 0 radical (unpaired) electrons. The van der Waals surface area contributed by atoms with E-state index in [0.717, 1.165) is 39.6 Å². The predicted molar refractivity (Wildman–Crippen MR) is 74.3 cm³/mol. The lowest BCUT2D eigenvalue weighted by atomic mass is 10.1. The van der Waals surface area contributed by atoms with E-state index in [-0.39, 0.29) is 0 Å². The molecule has 3 aromatic rings. The maximum atomic E-state index is 10.9. The minimum Gasteiger partial charge on any atom is -0.497 e. The van der Waals surface area contributed by atoms with E-state index < -0.39 is 0 Å². The molecule has 0 amide bonds. The summed E-state index contributed by atoms with van der Waals surface area (Å²) in [5.74, 6) is 1.45. The second-order valence-electron chi connectivity index (χ2n) is 4.30. The Morgan fingerprint density at radius 2 is 1.89 bits per heavy atom. The number of methoxy groups -OCH3 is 2. The molecule has 1 aromatic heterocycles. The van der Waals surface area contributed by atoms with Gasteiger partial charge in [-0.1, -0.05) is 0 Å². The van der Waals surface area contributed by atoms with Crippen LogP contribution in [0.2, 0.25) is 0 Å². The van der Waals surface area contributed by atoms with Gasteiger partial charge in [0.1, 0.15) is 17.8 Å². The van der Waals surface area contributed by atoms with Gasteiger partial charge in [0.15, 0.2) is 0 Å². The summed E-state index contributed by atoms with van der Waals surface area (Å²) in [5.41, 5.74) is 2.53. The maximum Gasteiger partial charge on any atom is 0.150 e. The molecule has 0 aliphatic carbocycles. The van der Waals surface area contributed by atoms with Crippen LogP contribution in [0.4, 0.5) is 0 Å². The molecule has 0 fully saturated rings. The van der Waals surface area contributed by atoms with Crippen molar-refractivity contribution < 1.29 is 14.3 Å². The number of aldehydes is 1. The Labute approximate surface area is 109 Å². The molecule has 96 valence electrons. The molecular formula is C15H13NO3. The summed E-state index contributed by atoms with van der Waals surface area (Å²) >= 11 is 0. The van der Waals surface area contributed by atoms with Crippen molar-refractivity contribution in [3.63, 3.8) is 0 Å². The largest absolute Gasteiger partial charge is 0.497 e. The van der Waals surface area contributed by atoms with E-state index in [1.54, 1.807) is 20.3 Å². The lowest BCUT2D eigenvalue weighted by molar-refractivity contribution is 0.112. The van der Waals surface area contributed by atoms with Crippen molar-refractivity contribution >= 4 is 28.1 Å². The summed E-state index contributed by atoms with van der Waals surface area (Å²) in [6.07, 6.45) is 0.842. The Hall–Kier alpha value is -2.49. The molecule has 3 rings (SSSR count). The van der Waals surface area contributed by atoms with Crippen LogP contribution in [0, 0.1) is 0 Å². The summed E-state index contributed by atoms with van der Waals surface area (Å²) in [4.78, 5) is 14.2. The first-order valence-corrected chi connectivity index (χ1v) is 5.89. The van der Waals surface area contributed by atoms with E-state index in [0.29, 0.717) is 5.56 Å². The third-order valence-corrected chi connectivity index (χ3v) is 3.25. The average Bonchev–Trinajstić information content (AvgIpc) is 2.83. The van der Waals surface area contributed by atoms with Crippen molar-refractivity contribution in [2.24, 2.45) is 0 Å². The van der Waals surface area contributed by atoms with Crippen molar-refractivity contribution in [1.82, 2.24) is 4.98 Å². The van der Waals surface area contributed by atoms with Crippen LogP contribution in [0.1, 0.15) is 10.4 Å². The zero-order valence-electron chi connectivity index (χ0n) is 10.7. The second kappa shape index (κ2) is 4.31. The van der Waals surface area contributed by atoms with Gasteiger partial charge in [0.2, 0.25) is 0 Å². The van der Waals surface area contributed by atoms with Crippen LogP contribution in [-0.4, -0.2) is 25.5 Å². The van der Waals surface area contributed by atoms with Gasteiger partial charge in [-0.25, -0.2) is 0 Å². The topological polar surface area (TPSA) is 51.3 Å². The Morgan fingerprint density at radius 1 is 1.05 bits per heavy atom. The number of rotatable bonds is 3. The number of aromatic amines is 1. The number of carbonyl (C=O) groups excluding carboxylic acids is 1. The van der Waals surface area contributed by atoms with Crippen molar-refractivity contribution in [1.29, 1.82) is 0 Å². The molecule has 2 aromatic carbocycles. The van der Waals surface area contributed by atoms with E-state index in [9.17, 15) is 4.79 Å². The normalized spacial score (nSPS) is 10.8. The van der Waals surface area contributed by atoms with Crippen LogP contribution in [0.15, 0.2) is 30.3 Å². The van der Waals surface area contributed by atoms with Gasteiger partial charge in [-0.2, -0.15) is 0 Å². The molecule has 0 unspecified atom stereocenters. The highest BCUT2D eigenvalue weighted by Crippen LogP contribution is 2.36. The van der Waals surface area contributed by atoms with Crippen molar-refractivity contribution in [2.45, 2.75) is 0 Å². The fourth-order valence-electron chi connectivity index (χ4n) is 2.34. The van der Waals surface area contributed by atoms with Gasteiger partial charge in [-0.05, 0) is 18.2 Å². The number of aromatic nitrogens is 1. The van der Waals surface area contributed by atoms with Crippen LogP contribution in [0.5, 0.6) is 11.5 Å². The molecule has 0 aliphatic heterocycles. The monoisotopic (exact) mass is 255 g/mol. The van der Waals surface area contributed by atoms with Crippen LogP contribution in [0.3, 0.4) is 0 Å². The van der Waals surface area contributed by atoms with E-state index in [1.165, 1.54) is 0 Å². The van der Waals surface area contributed by atoms with Gasteiger partial charge < -0.3 is 14.5 Å². The lowest BCUT2D eigenvalue weighted by Crippen LogP contribution is -1.87. The highest BCUT2D eigenvalue weighted by molar-refractivity contribution is 6.11.